The van der Waals surface area contributed by atoms with E-state index in [-0.39, 0.29) is 6.10 Å². The largest absolute Gasteiger partial charge is 0.481 e. The molecule has 0 radical (unpaired) electrons. The van der Waals surface area contributed by atoms with E-state index in [0.717, 1.165) is 19.3 Å². The van der Waals surface area contributed by atoms with Gasteiger partial charge in [-0.2, -0.15) is 0 Å². The fraction of sp³-hybridized carbons (Fsp3) is 0.889. The summed E-state index contributed by atoms with van der Waals surface area (Å²) in [5.74, 6) is 0.603. The van der Waals surface area contributed by atoms with Crippen LogP contribution in [0.5, 0.6) is 0 Å². The molecular weight excluding hydrogens is 156 g/mol. The Labute approximate surface area is 71.4 Å². The van der Waals surface area contributed by atoms with Crippen molar-refractivity contribution in [2.24, 2.45) is 17.8 Å². The molecule has 0 aliphatic heterocycles. The Balaban J connectivity index is 1.90. The highest BCUT2D eigenvalue weighted by Gasteiger charge is 2.50. The molecule has 0 amide bonds. The van der Waals surface area contributed by atoms with Crippen molar-refractivity contribution < 1.29 is 15.0 Å². The molecule has 0 heterocycles. The fourth-order valence-electron chi connectivity index (χ4n) is 2.51. The summed E-state index contributed by atoms with van der Waals surface area (Å²) in [4.78, 5) is 10.5. The third-order valence-corrected chi connectivity index (χ3v) is 3.26. The maximum Gasteiger partial charge on any atom is 0.303 e. The SMILES string of the molecule is O=C(O)C[C@@H]1CC[C@H](O)[C@H]2C[C@@H]12. The normalized spacial score (nSPS) is 45.1. The Kier molecular flexibility index (Phi) is 1.83. The average Bonchev–Trinajstić information content (AvgIpc) is 2.73. The van der Waals surface area contributed by atoms with Gasteiger partial charge in [-0.25, -0.2) is 0 Å². The van der Waals surface area contributed by atoms with Crippen LogP contribution in [-0.4, -0.2) is 22.3 Å². The van der Waals surface area contributed by atoms with Crippen molar-refractivity contribution in [2.75, 3.05) is 0 Å². The lowest BCUT2D eigenvalue weighted by atomic mass is 9.85. The quantitative estimate of drug-likeness (QED) is 0.646. The Morgan fingerprint density at radius 3 is 2.75 bits per heavy atom. The van der Waals surface area contributed by atoms with Gasteiger partial charge in [-0.05, 0) is 37.0 Å². The highest BCUT2D eigenvalue weighted by molar-refractivity contribution is 5.67. The number of aliphatic hydroxyl groups is 1. The molecule has 0 aromatic carbocycles. The maximum atomic E-state index is 10.5. The number of aliphatic hydroxyl groups excluding tert-OH is 1. The predicted octanol–water partition coefficient (Wildman–Crippen LogP) is 0.868. The first kappa shape index (κ1) is 8.05. The number of carboxylic acid groups (broad SMARTS) is 1. The van der Waals surface area contributed by atoms with Crippen LogP contribution in [0.25, 0.3) is 0 Å². The lowest BCUT2D eigenvalue weighted by Gasteiger charge is -2.23. The van der Waals surface area contributed by atoms with Crippen molar-refractivity contribution >= 4 is 5.97 Å². The third-order valence-electron chi connectivity index (χ3n) is 3.26. The van der Waals surface area contributed by atoms with E-state index in [2.05, 4.69) is 0 Å². The Morgan fingerprint density at radius 2 is 2.08 bits per heavy atom. The topological polar surface area (TPSA) is 57.5 Å². The molecule has 2 aliphatic carbocycles. The molecule has 2 saturated carbocycles. The van der Waals surface area contributed by atoms with Gasteiger partial charge in [-0.15, -0.1) is 0 Å². The van der Waals surface area contributed by atoms with Gasteiger partial charge >= 0.3 is 5.97 Å². The van der Waals surface area contributed by atoms with Gasteiger partial charge < -0.3 is 10.2 Å². The van der Waals surface area contributed by atoms with E-state index >= 15 is 0 Å². The fourth-order valence-corrected chi connectivity index (χ4v) is 2.51. The molecule has 3 nitrogen and oxygen atoms in total. The van der Waals surface area contributed by atoms with Crippen LogP contribution in [0.1, 0.15) is 25.7 Å². The molecule has 12 heavy (non-hydrogen) atoms. The molecule has 0 spiro atoms. The molecule has 2 fully saturated rings. The van der Waals surface area contributed by atoms with Crippen molar-refractivity contribution in [1.82, 2.24) is 0 Å². The van der Waals surface area contributed by atoms with Crippen molar-refractivity contribution in [2.45, 2.75) is 31.8 Å². The first-order chi connectivity index (χ1) is 5.68. The van der Waals surface area contributed by atoms with Gasteiger partial charge in [0.25, 0.3) is 0 Å². The summed E-state index contributed by atoms with van der Waals surface area (Å²) < 4.78 is 0. The molecule has 2 N–H and O–H groups in total. The second-order valence-electron chi connectivity index (χ2n) is 4.07. The summed E-state index contributed by atoms with van der Waals surface area (Å²) >= 11 is 0. The zero-order chi connectivity index (χ0) is 8.72. The molecule has 3 heteroatoms. The second-order valence-corrected chi connectivity index (χ2v) is 4.07. The summed E-state index contributed by atoms with van der Waals surface area (Å²) in [6.45, 7) is 0. The summed E-state index contributed by atoms with van der Waals surface area (Å²) in [6.07, 6.45) is 2.92. The third kappa shape index (κ3) is 1.33. The minimum atomic E-state index is -0.693. The van der Waals surface area contributed by atoms with Crippen LogP contribution >= 0.6 is 0 Å². The summed E-state index contributed by atoms with van der Waals surface area (Å²) in [5, 5.41) is 18.0. The van der Waals surface area contributed by atoms with Crippen LogP contribution in [0, 0.1) is 17.8 Å². The second kappa shape index (κ2) is 2.73. The lowest BCUT2D eigenvalue weighted by molar-refractivity contribution is -0.138. The van der Waals surface area contributed by atoms with Crippen molar-refractivity contribution in [1.29, 1.82) is 0 Å². The molecule has 2 rings (SSSR count). The van der Waals surface area contributed by atoms with Gasteiger partial charge in [0.05, 0.1) is 6.10 Å². The molecule has 4 atom stereocenters. The lowest BCUT2D eigenvalue weighted by Crippen LogP contribution is -2.23. The molecular formula is C9H14O3. The number of fused-ring (bicyclic) bond motifs is 1. The number of hydrogen-bond donors (Lipinski definition) is 2. The Bertz CT molecular complexity index is 202. The van der Waals surface area contributed by atoms with Gasteiger partial charge in [0, 0.05) is 6.42 Å². The van der Waals surface area contributed by atoms with Gasteiger partial charge in [0.2, 0.25) is 0 Å². The van der Waals surface area contributed by atoms with Gasteiger partial charge in [0.15, 0.2) is 0 Å². The number of hydrogen-bond acceptors (Lipinski definition) is 2. The van der Waals surface area contributed by atoms with Crippen LogP contribution < -0.4 is 0 Å². The molecule has 2 aliphatic rings. The first-order valence-electron chi connectivity index (χ1n) is 4.58. The van der Waals surface area contributed by atoms with Crippen LogP contribution in [0.15, 0.2) is 0 Å². The molecule has 0 bridgehead atoms. The summed E-state index contributed by atoms with van der Waals surface area (Å²) in [7, 11) is 0. The van der Waals surface area contributed by atoms with E-state index < -0.39 is 5.97 Å². The van der Waals surface area contributed by atoms with E-state index in [9.17, 15) is 9.90 Å². The Morgan fingerprint density at radius 1 is 1.33 bits per heavy atom. The van der Waals surface area contributed by atoms with Crippen molar-refractivity contribution in [3.63, 3.8) is 0 Å². The highest BCUT2D eigenvalue weighted by Crippen LogP contribution is 2.53. The smallest absolute Gasteiger partial charge is 0.303 e. The van der Waals surface area contributed by atoms with E-state index in [4.69, 9.17) is 5.11 Å². The van der Waals surface area contributed by atoms with Crippen LogP contribution in [0.2, 0.25) is 0 Å². The zero-order valence-corrected chi connectivity index (χ0v) is 6.94. The van der Waals surface area contributed by atoms with E-state index in [1.54, 1.807) is 0 Å². The van der Waals surface area contributed by atoms with Crippen LogP contribution in [0.3, 0.4) is 0 Å². The molecule has 0 aromatic heterocycles. The van der Waals surface area contributed by atoms with E-state index in [1.165, 1.54) is 0 Å². The van der Waals surface area contributed by atoms with Crippen LogP contribution in [0.4, 0.5) is 0 Å². The monoisotopic (exact) mass is 170 g/mol. The maximum absolute atomic E-state index is 10.5. The standard InChI is InChI=1S/C9H14O3/c10-8-2-1-5(3-9(11)12)6-4-7(6)8/h5-8,10H,1-4H2,(H,11,12)/t5-,6-,7-,8-/m0/s1. The molecule has 0 saturated heterocycles. The predicted molar refractivity (Wildman–Crippen MR) is 42.6 cm³/mol. The van der Waals surface area contributed by atoms with Gasteiger partial charge in [0.1, 0.15) is 0 Å². The molecule has 0 aromatic rings. The molecule has 0 unspecified atom stereocenters. The van der Waals surface area contributed by atoms with Crippen LogP contribution in [-0.2, 0) is 4.79 Å². The minimum Gasteiger partial charge on any atom is -0.481 e. The average molecular weight is 170 g/mol. The molecule has 68 valence electrons. The number of carbonyl (C=O) groups is 1. The van der Waals surface area contributed by atoms with Gasteiger partial charge in [-0.3, -0.25) is 4.79 Å². The Hall–Kier alpha value is -0.570. The number of rotatable bonds is 2. The first-order valence-corrected chi connectivity index (χ1v) is 4.58. The van der Waals surface area contributed by atoms with Crippen molar-refractivity contribution in [3.05, 3.63) is 0 Å². The van der Waals surface area contributed by atoms with Crippen molar-refractivity contribution in [3.8, 4) is 0 Å². The zero-order valence-electron chi connectivity index (χ0n) is 6.94. The minimum absolute atomic E-state index is 0.139. The van der Waals surface area contributed by atoms with E-state index in [0.29, 0.717) is 24.2 Å². The highest BCUT2D eigenvalue weighted by atomic mass is 16.4. The number of carboxylic acids is 1. The van der Waals surface area contributed by atoms with E-state index in [1.807, 2.05) is 0 Å². The number of aliphatic carboxylic acids is 1. The van der Waals surface area contributed by atoms with Gasteiger partial charge in [-0.1, -0.05) is 0 Å². The summed E-state index contributed by atoms with van der Waals surface area (Å²) in [5.41, 5.74) is 0. The summed E-state index contributed by atoms with van der Waals surface area (Å²) in [6, 6.07) is 0.